The standard InChI is InChI=1S/2C6H17N3.C5H13O3P.Na.H/c2*1-2-3-4-5-6(7,8)9;1-2-3-4-5-8-9(6)7;;/h2*2-5,7-9H2,1H3;9H,2-5H2,1H3,(H,6,7);;. The fourth-order valence-corrected chi connectivity index (χ4v) is 2.19. The van der Waals surface area contributed by atoms with Crippen LogP contribution in [0, 0.1) is 0 Å². The van der Waals surface area contributed by atoms with Crippen molar-refractivity contribution in [3.05, 3.63) is 0 Å². The van der Waals surface area contributed by atoms with E-state index in [0.29, 0.717) is 19.4 Å². The first-order valence-electron chi connectivity index (χ1n) is 9.98. The van der Waals surface area contributed by atoms with Crippen LogP contribution >= 0.6 is 8.25 Å². The van der Waals surface area contributed by atoms with Crippen molar-refractivity contribution in [3.8, 4) is 0 Å². The van der Waals surface area contributed by atoms with Crippen LogP contribution in [0.4, 0.5) is 0 Å². The fraction of sp³-hybridized carbons (Fsp3) is 1.00. The van der Waals surface area contributed by atoms with Crippen LogP contribution in [0.15, 0.2) is 0 Å². The predicted molar refractivity (Wildman–Crippen MR) is 123 cm³/mol. The number of hydrogen-bond acceptors (Lipinski definition) is 8. The van der Waals surface area contributed by atoms with Crippen molar-refractivity contribution in [2.75, 3.05) is 6.61 Å². The Morgan fingerprint density at radius 3 is 1.29 bits per heavy atom. The van der Waals surface area contributed by atoms with Gasteiger partial charge in [0, 0.05) is 0 Å². The van der Waals surface area contributed by atoms with Gasteiger partial charge in [0.25, 0.3) is 0 Å². The van der Waals surface area contributed by atoms with Crippen molar-refractivity contribution < 1.29 is 14.0 Å². The Morgan fingerprint density at radius 1 is 0.714 bits per heavy atom. The molecule has 0 saturated carbocycles. The summed E-state index contributed by atoms with van der Waals surface area (Å²) in [5.74, 6) is -1.90. The normalized spacial score (nSPS) is 12.1. The number of nitrogens with two attached hydrogens (primary N) is 6. The molecule has 28 heavy (non-hydrogen) atoms. The Bertz CT molecular complexity index is 309. The van der Waals surface area contributed by atoms with Crippen molar-refractivity contribution in [1.29, 1.82) is 0 Å². The SMILES string of the molecule is CCCCCC(N)(N)N.CCCCCC(N)(N)N.CCCCCO[PH](=O)O.[NaH]. The third-order valence-electron chi connectivity index (χ3n) is 3.40. The third-order valence-corrected chi connectivity index (χ3v) is 3.85. The first-order chi connectivity index (χ1) is 12.4. The first kappa shape index (κ1) is 36.3. The van der Waals surface area contributed by atoms with E-state index < -0.39 is 19.8 Å². The number of hydrogen-bond donors (Lipinski definition) is 7. The van der Waals surface area contributed by atoms with Crippen molar-refractivity contribution in [1.82, 2.24) is 0 Å². The van der Waals surface area contributed by atoms with Crippen molar-refractivity contribution in [3.63, 3.8) is 0 Å². The molecule has 0 aromatic heterocycles. The molecular weight excluding hydrogens is 390 g/mol. The van der Waals surface area contributed by atoms with Gasteiger partial charge in [0.1, 0.15) is 11.6 Å². The summed E-state index contributed by atoms with van der Waals surface area (Å²) in [6, 6.07) is 0. The van der Waals surface area contributed by atoms with Crippen LogP contribution in [0.2, 0.25) is 0 Å². The van der Waals surface area contributed by atoms with E-state index in [2.05, 4.69) is 25.3 Å². The van der Waals surface area contributed by atoms with Crippen LogP contribution in [-0.4, -0.2) is 52.6 Å². The molecule has 1 unspecified atom stereocenters. The average Bonchev–Trinajstić information content (AvgIpc) is 2.51. The zero-order valence-electron chi connectivity index (χ0n) is 17.7. The first-order valence-corrected chi connectivity index (χ1v) is 11.2. The molecule has 0 saturated heterocycles. The van der Waals surface area contributed by atoms with Crippen molar-refractivity contribution in [2.24, 2.45) is 34.4 Å². The second kappa shape index (κ2) is 24.2. The van der Waals surface area contributed by atoms with Crippen LogP contribution in [0.1, 0.15) is 91.4 Å². The monoisotopic (exact) mass is 438 g/mol. The molecule has 0 aromatic carbocycles. The van der Waals surface area contributed by atoms with Gasteiger partial charge in [-0.1, -0.05) is 59.3 Å². The summed E-state index contributed by atoms with van der Waals surface area (Å²) in [7, 11) is -2.67. The fourth-order valence-electron chi connectivity index (χ4n) is 1.87. The van der Waals surface area contributed by atoms with Gasteiger partial charge in [0.05, 0.1) is 6.61 Å². The topological polar surface area (TPSA) is 203 Å². The van der Waals surface area contributed by atoms with E-state index in [9.17, 15) is 4.57 Å². The van der Waals surface area contributed by atoms with Crippen LogP contribution in [0.3, 0.4) is 0 Å². The molecule has 170 valence electrons. The summed E-state index contributed by atoms with van der Waals surface area (Å²) in [6.45, 7) is 6.75. The van der Waals surface area contributed by atoms with Crippen molar-refractivity contribution >= 4 is 37.8 Å². The molecule has 0 heterocycles. The Morgan fingerprint density at radius 2 is 1.04 bits per heavy atom. The minimum atomic E-state index is -2.67. The molecule has 11 heteroatoms. The van der Waals surface area contributed by atoms with Gasteiger partial charge in [-0.2, -0.15) is 0 Å². The second-order valence-electron chi connectivity index (χ2n) is 6.96. The Balaban J connectivity index is -0.000000152. The van der Waals surface area contributed by atoms with Crippen LogP contribution < -0.4 is 34.4 Å². The van der Waals surface area contributed by atoms with Gasteiger partial charge in [0.2, 0.25) is 0 Å². The van der Waals surface area contributed by atoms with Gasteiger partial charge < -0.3 is 43.8 Å². The summed E-state index contributed by atoms with van der Waals surface area (Å²) >= 11 is 0. The van der Waals surface area contributed by atoms with Gasteiger partial charge in [-0.3, -0.25) is 4.57 Å². The molecule has 0 spiro atoms. The summed E-state index contributed by atoms with van der Waals surface area (Å²) in [6.07, 6.45) is 11.2. The van der Waals surface area contributed by atoms with Crippen molar-refractivity contribution in [2.45, 2.75) is 103 Å². The molecule has 0 bridgehead atoms. The van der Waals surface area contributed by atoms with Gasteiger partial charge >= 0.3 is 37.8 Å². The molecule has 0 aliphatic carbocycles. The summed E-state index contributed by atoms with van der Waals surface area (Å²) in [5, 5.41) is 0. The number of unbranched alkanes of at least 4 members (excludes halogenated alkanes) is 6. The molecule has 0 aliphatic heterocycles. The van der Waals surface area contributed by atoms with Crippen LogP contribution in [-0.2, 0) is 9.09 Å². The van der Waals surface area contributed by atoms with E-state index >= 15 is 0 Å². The van der Waals surface area contributed by atoms with E-state index in [4.69, 9.17) is 39.3 Å². The van der Waals surface area contributed by atoms with Crippen LogP contribution in [0.25, 0.3) is 0 Å². The van der Waals surface area contributed by atoms with Gasteiger partial charge in [0.15, 0.2) is 0 Å². The van der Waals surface area contributed by atoms with Gasteiger partial charge in [-0.05, 0) is 32.1 Å². The molecule has 0 aromatic rings. The predicted octanol–water partition coefficient (Wildman–Crippen LogP) is 1.12. The molecule has 0 amide bonds. The molecule has 0 rings (SSSR count). The molecule has 0 radical (unpaired) electrons. The summed E-state index contributed by atoms with van der Waals surface area (Å²) in [4.78, 5) is 8.18. The zero-order valence-corrected chi connectivity index (χ0v) is 18.7. The molecule has 1 atom stereocenters. The van der Waals surface area contributed by atoms with E-state index in [1.165, 1.54) is 12.8 Å². The second-order valence-corrected chi connectivity index (χ2v) is 7.78. The minimum absolute atomic E-state index is 0. The molecule has 13 N–H and O–H groups in total. The maximum absolute atomic E-state index is 9.93. The third kappa shape index (κ3) is 50.5. The molecule has 0 aliphatic rings. The van der Waals surface area contributed by atoms with Gasteiger partial charge in [-0.25, -0.2) is 0 Å². The van der Waals surface area contributed by atoms with E-state index in [0.717, 1.165) is 44.9 Å². The quantitative estimate of drug-likeness (QED) is 0.0951. The summed E-state index contributed by atoms with van der Waals surface area (Å²) in [5.41, 5.74) is 32.0. The van der Waals surface area contributed by atoms with E-state index in [1.54, 1.807) is 0 Å². The van der Waals surface area contributed by atoms with Gasteiger partial charge in [-0.15, -0.1) is 0 Å². The molecular formula is C17H48N6NaO3P. The Labute approximate surface area is 195 Å². The molecule has 9 nitrogen and oxygen atoms in total. The zero-order chi connectivity index (χ0) is 21.8. The summed E-state index contributed by atoms with van der Waals surface area (Å²) < 4.78 is 14.4. The average molecular weight is 439 g/mol. The van der Waals surface area contributed by atoms with Crippen LogP contribution in [0.5, 0.6) is 0 Å². The number of rotatable bonds is 13. The maximum atomic E-state index is 9.93. The Kier molecular flexibility index (Phi) is 31.3. The van der Waals surface area contributed by atoms with E-state index in [1.807, 2.05) is 0 Å². The molecule has 0 fully saturated rings. The van der Waals surface area contributed by atoms with E-state index in [-0.39, 0.29) is 29.6 Å². The Hall–Kier alpha value is 0.910.